The van der Waals surface area contributed by atoms with Gasteiger partial charge in [-0.05, 0) is 29.6 Å². The van der Waals surface area contributed by atoms with Gasteiger partial charge in [0.2, 0.25) is 0 Å². The van der Waals surface area contributed by atoms with Gasteiger partial charge in [0.05, 0.1) is 0 Å². The van der Waals surface area contributed by atoms with E-state index in [9.17, 15) is 0 Å². The summed E-state index contributed by atoms with van der Waals surface area (Å²) in [5.41, 5.74) is 4.02. The maximum absolute atomic E-state index is 7.50. The SMILES string of the molecule is CC(C)c1cccc(C(C)C)c1[N]=[Ta].C[C]1[C](C)[C](C)[C](C)[C]1C.C[Si](C)(C)[Si]([Si](C)(C)C)[Si](C)(C)C.[C-]#[O+]. The van der Waals surface area contributed by atoms with Crippen molar-refractivity contribution in [2.75, 3.05) is 0 Å². The molecule has 0 unspecified atom stereocenters. The van der Waals surface area contributed by atoms with Crippen molar-refractivity contribution in [2.45, 2.75) is 133 Å². The summed E-state index contributed by atoms with van der Waals surface area (Å²) in [7, 11) is -2.47. The second-order valence-electron chi connectivity index (χ2n) is 14.4. The zero-order chi connectivity index (χ0) is 31.7. The van der Waals surface area contributed by atoms with Crippen LogP contribution >= 0.6 is 0 Å². The summed E-state index contributed by atoms with van der Waals surface area (Å²) in [6.07, 6.45) is 0. The van der Waals surface area contributed by atoms with E-state index in [1.807, 2.05) is 0 Å². The van der Waals surface area contributed by atoms with Crippen LogP contribution in [0.5, 0.6) is 0 Å². The Labute approximate surface area is 261 Å². The second-order valence-corrected chi connectivity index (χ2v) is 51.9. The molecular weight excluding hydrogens is 708 g/mol. The molecule has 7 heteroatoms. The van der Waals surface area contributed by atoms with Crippen molar-refractivity contribution in [1.29, 1.82) is 0 Å². The first kappa shape index (κ1) is 41.5. The summed E-state index contributed by atoms with van der Waals surface area (Å²) in [6, 6.07) is 6.55. The Morgan fingerprint density at radius 3 is 0.974 bits per heavy atom. The van der Waals surface area contributed by atoms with Crippen LogP contribution in [0.4, 0.5) is 5.69 Å². The third-order valence-electron chi connectivity index (χ3n) is 7.50. The van der Waals surface area contributed by atoms with Crippen LogP contribution in [0.15, 0.2) is 21.5 Å². The van der Waals surface area contributed by atoms with Gasteiger partial charge < -0.3 is 0 Å². The minimum atomic E-state index is -0.832. The number of hydrogen-bond acceptors (Lipinski definition) is 1. The predicted molar refractivity (Wildman–Crippen MR) is 181 cm³/mol. The van der Waals surface area contributed by atoms with E-state index in [0.29, 0.717) is 11.8 Å². The van der Waals surface area contributed by atoms with Crippen LogP contribution < -0.4 is 0 Å². The molecule has 1 aliphatic carbocycles. The third kappa shape index (κ3) is 13.0. The molecule has 6 radical (unpaired) electrons. The Balaban J connectivity index is 0. The zero-order valence-corrected chi connectivity index (χ0v) is 35.9. The van der Waals surface area contributed by atoms with E-state index in [4.69, 9.17) is 4.65 Å². The molecule has 219 valence electrons. The molecule has 0 aliphatic heterocycles. The molecule has 0 aromatic heterocycles. The van der Waals surface area contributed by atoms with Gasteiger partial charge in [0, 0.05) is 30.1 Å². The predicted octanol–water partition coefficient (Wildman–Crippen LogP) is 11.0. The normalized spacial score (nSPS) is 16.4. The van der Waals surface area contributed by atoms with Gasteiger partial charge in [-0.3, -0.25) is 0 Å². The fourth-order valence-electron chi connectivity index (χ4n) is 6.41. The molecule has 0 heterocycles. The first-order valence-corrected chi connectivity index (χ1v) is 30.7. The van der Waals surface area contributed by atoms with E-state index < -0.39 is 22.8 Å². The number of hydrogen-bond donors (Lipinski definition) is 0. The van der Waals surface area contributed by atoms with Gasteiger partial charge >= 0.3 is 110 Å². The molecule has 1 fully saturated rings. The Morgan fingerprint density at radius 1 is 0.615 bits per heavy atom. The third-order valence-corrected chi connectivity index (χ3v) is 66.7. The van der Waals surface area contributed by atoms with Crippen molar-refractivity contribution >= 4 is 35.8 Å². The first-order valence-electron chi connectivity index (χ1n) is 14.3. The van der Waals surface area contributed by atoms with Gasteiger partial charge in [0.15, 0.2) is 0 Å². The second kappa shape index (κ2) is 17.5. The Morgan fingerprint density at radius 2 is 0.846 bits per heavy atom. The van der Waals surface area contributed by atoms with Crippen LogP contribution in [0.2, 0.25) is 58.9 Å². The minimum absolute atomic E-state index is 0.0255. The molecule has 1 aliphatic rings. The topological polar surface area (TPSA) is 32.3 Å². The molecular formula is C32H59NOSi4Ta. The quantitative estimate of drug-likeness (QED) is 0.157. The molecule has 2 rings (SSSR count). The molecule has 0 atom stereocenters. The summed E-state index contributed by atoms with van der Waals surface area (Å²) in [4.78, 5) is 0. The summed E-state index contributed by atoms with van der Waals surface area (Å²) in [6.45, 7) is 47.9. The van der Waals surface area contributed by atoms with Crippen LogP contribution in [0, 0.1) is 36.2 Å². The van der Waals surface area contributed by atoms with E-state index in [1.165, 1.54) is 46.4 Å². The molecule has 0 spiro atoms. The van der Waals surface area contributed by atoms with Gasteiger partial charge in [-0.1, -0.05) is 93.5 Å². The molecule has 0 N–H and O–H groups in total. The van der Waals surface area contributed by atoms with Crippen molar-refractivity contribution in [3.63, 3.8) is 0 Å². The monoisotopic (exact) mass is 766 g/mol. The summed E-state index contributed by atoms with van der Waals surface area (Å²) in [5.74, 6) is 8.47. The molecule has 0 amide bonds. The molecule has 1 aromatic rings. The fourth-order valence-corrected chi connectivity index (χ4v) is 95.0. The summed E-state index contributed by atoms with van der Waals surface area (Å²) >= 11 is 1.09. The van der Waals surface area contributed by atoms with Gasteiger partial charge in [0.1, 0.15) is 0 Å². The molecule has 0 bridgehead atoms. The molecule has 0 saturated heterocycles. The maximum atomic E-state index is 7.50. The van der Waals surface area contributed by atoms with Crippen LogP contribution in [0.25, 0.3) is 0 Å². The van der Waals surface area contributed by atoms with Crippen LogP contribution in [-0.2, 0) is 25.5 Å². The van der Waals surface area contributed by atoms with Gasteiger partial charge in [-0.15, -0.1) is 0 Å². The number of rotatable bonds is 6. The molecule has 39 heavy (non-hydrogen) atoms. The molecule has 2 nitrogen and oxygen atoms in total. The van der Waals surface area contributed by atoms with Crippen molar-refractivity contribution in [1.82, 2.24) is 0 Å². The number of benzene rings is 1. The van der Waals surface area contributed by atoms with E-state index >= 15 is 0 Å². The Bertz CT molecular complexity index is 777. The van der Waals surface area contributed by atoms with E-state index in [0.717, 1.165) is 20.9 Å². The standard InChI is InChI=1S/C12H17N.C10H15.C9H27Si4.CO.Ta/c1-8(2)10-6-5-7-11(9(3)4)12(10)13;1-6-7(2)9(4)10(5)8(6)3;1-11(2,3)10(12(4,5)6)13(7,8)9;1-2;/h5-9H,1-4H3;1-5H3;1-9H3;;. The van der Waals surface area contributed by atoms with E-state index in [2.05, 4.69) is 149 Å². The van der Waals surface area contributed by atoms with Crippen molar-refractivity contribution in [2.24, 2.45) is 3.34 Å². The molecule has 1 aromatic carbocycles. The van der Waals surface area contributed by atoms with Crippen molar-refractivity contribution < 1.29 is 25.5 Å². The average Bonchev–Trinajstić information content (AvgIpc) is 2.95. The van der Waals surface area contributed by atoms with Crippen LogP contribution in [-0.4, -0.2) is 30.1 Å². The van der Waals surface area contributed by atoms with E-state index in [-0.39, 0.29) is 7.35 Å². The zero-order valence-electron chi connectivity index (χ0n) is 28.7. The van der Waals surface area contributed by atoms with Gasteiger partial charge in [-0.25, -0.2) is 0 Å². The van der Waals surface area contributed by atoms with Crippen LogP contribution in [0.1, 0.15) is 85.3 Å². The van der Waals surface area contributed by atoms with Gasteiger partial charge in [0.25, 0.3) is 0 Å². The first-order chi connectivity index (χ1) is 17.5. The average molecular weight is 767 g/mol. The van der Waals surface area contributed by atoms with Crippen molar-refractivity contribution in [3.8, 4) is 0 Å². The van der Waals surface area contributed by atoms with Crippen LogP contribution in [0.3, 0.4) is 0 Å². The summed E-state index contributed by atoms with van der Waals surface area (Å²) < 4.78 is 12.0. The Kier molecular flexibility index (Phi) is 18.6. The van der Waals surface area contributed by atoms with E-state index in [1.54, 1.807) is 0 Å². The fraction of sp³-hybridized carbons (Fsp3) is 0.625. The van der Waals surface area contributed by atoms with Crippen molar-refractivity contribution in [3.05, 3.63) is 65.6 Å². The summed E-state index contributed by atoms with van der Waals surface area (Å²) in [5, 5.41) is 0. The van der Waals surface area contributed by atoms with Gasteiger partial charge in [-0.2, -0.15) is 0 Å². The Hall–Kier alpha value is 0.368. The number of nitrogens with zero attached hydrogens (tertiary/aromatic N) is 1. The molecule has 1 saturated carbocycles.